The average molecular weight is 369 g/mol. The van der Waals surface area contributed by atoms with Crippen molar-refractivity contribution in [2.24, 2.45) is 0 Å². The first-order chi connectivity index (χ1) is 4.81. The summed E-state index contributed by atoms with van der Waals surface area (Å²) in [7, 11) is 0. The summed E-state index contributed by atoms with van der Waals surface area (Å²) in [6.45, 7) is 2.06. The van der Waals surface area contributed by atoms with Crippen LogP contribution in [0.3, 0.4) is 0 Å². The Morgan fingerprint density at radius 1 is 1.30 bits per heavy atom. The molecule has 0 aliphatic heterocycles. The molecule has 0 saturated heterocycles. The van der Waals surface area contributed by atoms with Crippen LogP contribution in [0, 0.1) is 13.0 Å². The second kappa shape index (κ2) is 8.54. The molecule has 51 valence electrons. The average Bonchev–Trinajstić information content (AvgIpc) is 1.91. The Kier molecular flexibility index (Phi) is 9.78. The standard InChI is InChI=1S/C7H7.2HI.Mg/c1-7-5-3-2-4-6-7;;;/h3-6H,1H3;2*1H;/q;;;+2/p-2. The highest BCUT2D eigenvalue weighted by atomic mass is 127. The van der Waals surface area contributed by atoms with Crippen molar-refractivity contribution < 1.29 is 0 Å². The topological polar surface area (TPSA) is 0 Å². The highest BCUT2D eigenvalue weighted by Crippen LogP contribution is 1.91. The molecular formula is C7H7I2Mg. The third-order valence-electron chi connectivity index (χ3n) is 0.885. The molecule has 0 atom stereocenters. The Balaban J connectivity index is 0.000000236. The van der Waals surface area contributed by atoms with Crippen LogP contribution < -0.4 is 0 Å². The maximum Gasteiger partial charge on any atom is 0.552 e. The van der Waals surface area contributed by atoms with E-state index in [1.54, 1.807) is 0 Å². The zero-order chi connectivity index (χ0) is 7.82. The maximum atomic E-state index is 2.93. The molecule has 0 aromatic heterocycles. The summed E-state index contributed by atoms with van der Waals surface area (Å²) in [6.07, 6.45) is 0. The van der Waals surface area contributed by atoms with Gasteiger partial charge >= 0.3 is 12.6 Å². The lowest BCUT2D eigenvalue weighted by Crippen LogP contribution is -1.63. The molecule has 0 heterocycles. The lowest BCUT2D eigenvalue weighted by Gasteiger charge is -1.82. The Labute approximate surface area is 91.6 Å². The first-order valence-corrected chi connectivity index (χ1v) is 13.1. The predicted molar refractivity (Wildman–Crippen MR) is 63.8 cm³/mol. The summed E-state index contributed by atoms with van der Waals surface area (Å²) >= 11 is 5.18. The molecule has 0 aliphatic carbocycles. The maximum absolute atomic E-state index is 2.93. The minimum atomic E-state index is 0.357. The Morgan fingerprint density at radius 2 is 1.70 bits per heavy atom. The Bertz CT molecular complexity index is 153. The van der Waals surface area contributed by atoms with Crippen LogP contribution in [0.5, 0.6) is 0 Å². The first kappa shape index (κ1) is 11.4. The molecule has 0 amide bonds. The monoisotopic (exact) mass is 369 g/mol. The van der Waals surface area contributed by atoms with E-state index in [0.717, 1.165) is 0 Å². The van der Waals surface area contributed by atoms with Gasteiger partial charge in [0, 0.05) is 0 Å². The predicted octanol–water partition coefficient (Wildman–Crippen LogP) is 3.19. The summed E-state index contributed by atoms with van der Waals surface area (Å²) < 4.78 is 0. The van der Waals surface area contributed by atoms with Crippen LogP contribution in [0.15, 0.2) is 24.3 Å². The van der Waals surface area contributed by atoms with Crippen molar-refractivity contribution in [2.45, 2.75) is 6.92 Å². The van der Waals surface area contributed by atoms with Crippen molar-refractivity contribution in [3.05, 3.63) is 35.9 Å². The minimum absolute atomic E-state index is 0.357. The number of benzene rings is 1. The molecule has 0 N–H and O–H groups in total. The van der Waals surface area contributed by atoms with Crippen molar-refractivity contribution in [3.8, 4) is 0 Å². The number of halogens is 2. The van der Waals surface area contributed by atoms with Gasteiger partial charge in [0.15, 0.2) is 0 Å². The lowest BCUT2D eigenvalue weighted by molar-refractivity contribution is 1.47. The summed E-state index contributed by atoms with van der Waals surface area (Å²) in [4.78, 5) is 0. The van der Waals surface area contributed by atoms with Crippen LogP contribution in [0.4, 0.5) is 0 Å². The fourth-order valence-electron chi connectivity index (χ4n) is 0.470. The quantitative estimate of drug-likeness (QED) is 0.487. The molecule has 0 fully saturated rings. The van der Waals surface area contributed by atoms with Crippen LogP contribution >= 0.6 is 37.7 Å². The van der Waals surface area contributed by atoms with Crippen molar-refractivity contribution in [3.63, 3.8) is 0 Å². The van der Waals surface area contributed by atoms with Crippen LogP contribution in [0.1, 0.15) is 5.56 Å². The van der Waals surface area contributed by atoms with Gasteiger partial charge in [0.05, 0.1) is 0 Å². The van der Waals surface area contributed by atoms with E-state index in [9.17, 15) is 0 Å². The summed E-state index contributed by atoms with van der Waals surface area (Å²) in [6, 6.07) is 10.8. The molecule has 1 aromatic rings. The van der Waals surface area contributed by atoms with Gasteiger partial charge in [-0.1, -0.05) is 29.8 Å². The molecule has 10 heavy (non-hydrogen) atoms. The zero-order valence-electron chi connectivity index (χ0n) is 5.77. The van der Waals surface area contributed by atoms with Gasteiger partial charge in [-0.15, -0.1) is 0 Å². The number of aryl methyl sites for hydroxylation is 1. The molecule has 1 aromatic carbocycles. The van der Waals surface area contributed by atoms with E-state index in [1.807, 2.05) is 24.3 Å². The second-order valence-electron chi connectivity index (χ2n) is 1.68. The molecule has 0 unspecified atom stereocenters. The second-order valence-corrected chi connectivity index (χ2v) is 15.2. The van der Waals surface area contributed by atoms with E-state index in [2.05, 4.69) is 50.7 Å². The SMILES string of the molecule is Cc1cc[c]cc1.[I][Mg][I]. The van der Waals surface area contributed by atoms with E-state index in [4.69, 9.17) is 0 Å². The van der Waals surface area contributed by atoms with Gasteiger partial charge in [-0.3, -0.25) is 37.7 Å². The lowest BCUT2D eigenvalue weighted by atomic mass is 10.2. The van der Waals surface area contributed by atoms with Crippen LogP contribution in [0.25, 0.3) is 0 Å². The smallest absolute Gasteiger partial charge is 0.276 e. The summed E-state index contributed by atoms with van der Waals surface area (Å²) in [5, 5.41) is 0. The van der Waals surface area contributed by atoms with Crippen molar-refractivity contribution in [1.29, 1.82) is 0 Å². The Morgan fingerprint density at radius 3 is 1.90 bits per heavy atom. The van der Waals surface area contributed by atoms with Gasteiger partial charge < -0.3 is 0 Å². The molecule has 0 spiro atoms. The molecule has 0 bridgehead atoms. The van der Waals surface area contributed by atoms with Gasteiger partial charge in [-0.2, -0.15) is 0 Å². The Hall–Kier alpha value is 1.45. The van der Waals surface area contributed by atoms with E-state index < -0.39 is 0 Å². The van der Waals surface area contributed by atoms with Gasteiger partial charge in [0.1, 0.15) is 0 Å². The molecule has 0 aliphatic rings. The molecular weight excluding hydrogens is 362 g/mol. The molecule has 0 saturated carbocycles. The van der Waals surface area contributed by atoms with Gasteiger partial charge in [0.2, 0.25) is 0 Å². The highest BCUT2D eigenvalue weighted by Gasteiger charge is 1.72. The largest absolute Gasteiger partial charge is 0.552 e. The number of hydrogen-bond acceptors (Lipinski definition) is 0. The third kappa shape index (κ3) is 7.55. The third-order valence-corrected chi connectivity index (χ3v) is 0.885. The zero-order valence-corrected chi connectivity index (χ0v) is 11.5. The van der Waals surface area contributed by atoms with Crippen LogP contribution in [0.2, 0.25) is 0 Å². The fraction of sp³-hybridized carbons (Fsp3) is 0.143. The van der Waals surface area contributed by atoms with E-state index in [1.165, 1.54) is 5.56 Å². The number of hydrogen-bond donors (Lipinski definition) is 0. The van der Waals surface area contributed by atoms with Crippen molar-refractivity contribution in [1.82, 2.24) is 0 Å². The summed E-state index contributed by atoms with van der Waals surface area (Å²) in [5.74, 6) is 0. The van der Waals surface area contributed by atoms with Crippen LogP contribution in [-0.2, 0) is 0 Å². The first-order valence-electron chi connectivity index (χ1n) is 2.86. The van der Waals surface area contributed by atoms with Crippen molar-refractivity contribution >= 4 is 50.3 Å². The number of rotatable bonds is 0. The van der Waals surface area contributed by atoms with Crippen molar-refractivity contribution in [2.75, 3.05) is 0 Å². The molecule has 1 radical (unpaired) electrons. The van der Waals surface area contributed by atoms with E-state index in [0.29, 0.717) is 12.6 Å². The van der Waals surface area contributed by atoms with E-state index >= 15 is 0 Å². The molecule has 3 heteroatoms. The molecule has 1 rings (SSSR count). The van der Waals surface area contributed by atoms with E-state index in [-0.39, 0.29) is 0 Å². The molecule has 0 nitrogen and oxygen atoms in total. The van der Waals surface area contributed by atoms with Gasteiger partial charge in [-0.05, 0) is 13.0 Å². The fourth-order valence-corrected chi connectivity index (χ4v) is 0.470. The summed E-state index contributed by atoms with van der Waals surface area (Å²) in [5.41, 5.74) is 1.29. The van der Waals surface area contributed by atoms with Gasteiger partial charge in [0.25, 0.3) is 0 Å². The van der Waals surface area contributed by atoms with Gasteiger partial charge in [-0.25, -0.2) is 0 Å². The van der Waals surface area contributed by atoms with Crippen LogP contribution in [-0.4, -0.2) is 12.6 Å². The minimum Gasteiger partial charge on any atom is -0.276 e. The normalized spacial score (nSPS) is 7.10. The highest BCUT2D eigenvalue weighted by molar-refractivity contribution is 14.3.